The highest BCUT2D eigenvalue weighted by Gasteiger charge is 2.64. The average Bonchev–Trinajstić information content (AvgIpc) is 2.74. The van der Waals surface area contributed by atoms with E-state index in [1.165, 1.54) is 0 Å². The number of ether oxygens (including phenoxy) is 2. The van der Waals surface area contributed by atoms with Crippen LogP contribution in [0.4, 0.5) is 9.18 Å². The fourth-order valence-electron chi connectivity index (χ4n) is 4.11. The first-order valence-corrected chi connectivity index (χ1v) is 9.57. The molecule has 2 bridgehead atoms. The number of aromatic nitrogens is 2. The number of hydrogen-bond donors (Lipinski definition) is 0. The largest absolute Gasteiger partial charge is 0.470 e. The first kappa shape index (κ1) is 19.3. The highest BCUT2D eigenvalue weighted by molar-refractivity contribution is 9.10. The van der Waals surface area contributed by atoms with E-state index in [0.29, 0.717) is 23.9 Å². The predicted molar refractivity (Wildman–Crippen MR) is 97.8 cm³/mol. The Balaban J connectivity index is 1.84. The molecule has 2 aliphatic rings. The molecule has 0 aliphatic carbocycles. The SMILES string of the molecule is CC(C)(C)OC(=O)N1[C@@]2(C)CC[C@]1(C)[C@H](F)[C@@H](Oc1ccc(Br)nn1)C2. The van der Waals surface area contributed by atoms with E-state index in [-0.39, 0.29) is 5.88 Å². The van der Waals surface area contributed by atoms with Gasteiger partial charge in [0.05, 0.1) is 5.54 Å². The van der Waals surface area contributed by atoms with Gasteiger partial charge in [0, 0.05) is 18.0 Å². The van der Waals surface area contributed by atoms with E-state index in [4.69, 9.17) is 9.47 Å². The molecular formula is C18H25BrFN3O3. The van der Waals surface area contributed by atoms with E-state index in [0.717, 1.165) is 0 Å². The molecule has 0 saturated carbocycles. The van der Waals surface area contributed by atoms with Gasteiger partial charge in [0.2, 0.25) is 5.88 Å². The van der Waals surface area contributed by atoms with Gasteiger partial charge >= 0.3 is 6.09 Å². The van der Waals surface area contributed by atoms with Crippen LogP contribution < -0.4 is 4.74 Å². The third-order valence-corrected chi connectivity index (χ3v) is 5.66. The Morgan fingerprint density at radius 2 is 2.00 bits per heavy atom. The molecule has 3 heterocycles. The zero-order valence-electron chi connectivity index (χ0n) is 15.8. The molecule has 144 valence electrons. The molecule has 0 unspecified atom stereocenters. The number of piperidine rings is 1. The topological polar surface area (TPSA) is 64.5 Å². The maximum Gasteiger partial charge on any atom is 0.411 e. The Morgan fingerprint density at radius 3 is 2.58 bits per heavy atom. The van der Waals surface area contributed by atoms with Gasteiger partial charge < -0.3 is 9.47 Å². The van der Waals surface area contributed by atoms with E-state index >= 15 is 4.39 Å². The summed E-state index contributed by atoms with van der Waals surface area (Å²) in [5.41, 5.74) is -2.12. The number of alkyl halides is 1. The summed E-state index contributed by atoms with van der Waals surface area (Å²) in [5, 5.41) is 7.81. The molecule has 0 radical (unpaired) electrons. The van der Waals surface area contributed by atoms with Gasteiger partial charge in [0.25, 0.3) is 0 Å². The molecule has 3 rings (SSSR count). The maximum atomic E-state index is 15.5. The Hall–Kier alpha value is -1.44. The van der Waals surface area contributed by atoms with Crippen molar-refractivity contribution in [1.29, 1.82) is 0 Å². The van der Waals surface area contributed by atoms with Gasteiger partial charge in [-0.2, -0.15) is 0 Å². The third kappa shape index (κ3) is 3.40. The van der Waals surface area contributed by atoms with E-state index in [2.05, 4.69) is 26.1 Å². The van der Waals surface area contributed by atoms with E-state index in [1.54, 1.807) is 24.0 Å². The van der Waals surface area contributed by atoms with E-state index in [9.17, 15) is 4.79 Å². The Bertz CT molecular complexity index is 696. The van der Waals surface area contributed by atoms with Crippen LogP contribution in [0, 0.1) is 0 Å². The molecule has 6 nitrogen and oxygen atoms in total. The molecule has 0 spiro atoms. The standard InChI is InChI=1S/C18H25BrFN3O3/c1-16(2,3)26-15(24)23-17(4)8-9-18(23,5)14(20)11(10-17)25-13-7-6-12(19)21-22-13/h6-7,11,14H,8-10H2,1-5H3/t11-,14+,17-,18+/m0/s1. The van der Waals surface area contributed by atoms with Crippen LogP contribution in [-0.4, -0.2) is 50.1 Å². The summed E-state index contributed by atoms with van der Waals surface area (Å²) >= 11 is 3.22. The molecule has 2 fully saturated rings. The first-order chi connectivity index (χ1) is 11.9. The molecule has 26 heavy (non-hydrogen) atoms. The lowest BCUT2D eigenvalue weighted by atomic mass is 9.82. The number of halogens is 2. The van der Waals surface area contributed by atoms with Gasteiger partial charge in [-0.3, -0.25) is 4.90 Å². The molecule has 2 aliphatic heterocycles. The quantitative estimate of drug-likeness (QED) is 0.701. The fraction of sp³-hybridized carbons (Fsp3) is 0.722. The predicted octanol–water partition coefficient (Wildman–Crippen LogP) is 4.28. The van der Waals surface area contributed by atoms with Crippen molar-refractivity contribution in [3.63, 3.8) is 0 Å². The van der Waals surface area contributed by atoms with Gasteiger partial charge in [-0.25, -0.2) is 9.18 Å². The van der Waals surface area contributed by atoms with Crippen LogP contribution in [-0.2, 0) is 4.74 Å². The first-order valence-electron chi connectivity index (χ1n) is 8.78. The molecule has 1 aromatic heterocycles. The number of carbonyl (C=O) groups is 1. The zero-order valence-corrected chi connectivity index (χ0v) is 17.3. The van der Waals surface area contributed by atoms with Crippen LogP contribution >= 0.6 is 15.9 Å². The van der Waals surface area contributed by atoms with Crippen LogP contribution in [0.1, 0.15) is 53.9 Å². The van der Waals surface area contributed by atoms with Crippen LogP contribution in [0.15, 0.2) is 16.7 Å². The number of carbonyl (C=O) groups excluding carboxylic acids is 1. The van der Waals surface area contributed by atoms with Crippen LogP contribution in [0.3, 0.4) is 0 Å². The molecule has 1 aromatic rings. The van der Waals surface area contributed by atoms with Gasteiger partial charge in [-0.05, 0) is 69.5 Å². The van der Waals surface area contributed by atoms with Gasteiger partial charge in [-0.1, -0.05) is 0 Å². The summed E-state index contributed by atoms with van der Waals surface area (Å²) in [6.07, 6.45) is -0.867. The summed E-state index contributed by atoms with van der Waals surface area (Å²) in [5.74, 6) is 0.276. The van der Waals surface area contributed by atoms with Gasteiger partial charge in [0.1, 0.15) is 16.3 Å². The Morgan fingerprint density at radius 1 is 1.31 bits per heavy atom. The van der Waals surface area contributed by atoms with Crippen LogP contribution in [0.25, 0.3) is 0 Å². The smallest absolute Gasteiger partial charge is 0.411 e. The van der Waals surface area contributed by atoms with Crippen molar-refractivity contribution >= 4 is 22.0 Å². The summed E-state index contributed by atoms with van der Waals surface area (Å²) in [7, 11) is 0. The second-order valence-electron chi connectivity index (χ2n) is 8.63. The number of hydrogen-bond acceptors (Lipinski definition) is 5. The minimum Gasteiger partial charge on any atom is -0.470 e. The summed E-state index contributed by atoms with van der Waals surface area (Å²) in [4.78, 5) is 14.4. The fourth-order valence-corrected chi connectivity index (χ4v) is 4.33. The van der Waals surface area contributed by atoms with E-state index in [1.807, 2.05) is 27.7 Å². The van der Waals surface area contributed by atoms with Crippen molar-refractivity contribution in [1.82, 2.24) is 15.1 Å². The lowest BCUT2D eigenvalue weighted by Gasteiger charge is -2.51. The molecule has 0 N–H and O–H groups in total. The monoisotopic (exact) mass is 429 g/mol. The molecule has 8 heteroatoms. The molecule has 0 aromatic carbocycles. The number of amides is 1. The molecule has 4 atom stereocenters. The number of nitrogens with zero attached hydrogens (tertiary/aromatic N) is 3. The van der Waals surface area contributed by atoms with Gasteiger partial charge in [-0.15, -0.1) is 10.2 Å². The van der Waals surface area contributed by atoms with Crippen molar-refractivity contribution < 1.29 is 18.7 Å². The van der Waals surface area contributed by atoms with Crippen LogP contribution in [0.5, 0.6) is 5.88 Å². The van der Waals surface area contributed by atoms with Crippen molar-refractivity contribution in [2.24, 2.45) is 0 Å². The summed E-state index contributed by atoms with van der Waals surface area (Å²) < 4.78 is 27.4. The van der Waals surface area contributed by atoms with Crippen molar-refractivity contribution in [2.45, 2.75) is 82.8 Å². The number of rotatable bonds is 2. The second-order valence-corrected chi connectivity index (χ2v) is 9.44. The second kappa shape index (κ2) is 6.32. The molecule has 2 saturated heterocycles. The van der Waals surface area contributed by atoms with Gasteiger partial charge in [0.15, 0.2) is 6.17 Å². The van der Waals surface area contributed by atoms with Crippen molar-refractivity contribution in [3.05, 3.63) is 16.7 Å². The van der Waals surface area contributed by atoms with Crippen molar-refractivity contribution in [3.8, 4) is 5.88 Å². The number of fused-ring (bicyclic) bond motifs is 2. The Labute approximate surface area is 161 Å². The van der Waals surface area contributed by atoms with E-state index < -0.39 is 35.0 Å². The lowest BCUT2D eigenvalue weighted by Crippen LogP contribution is -2.67. The normalized spacial score (nSPS) is 33.9. The average molecular weight is 430 g/mol. The third-order valence-electron chi connectivity index (χ3n) is 5.24. The summed E-state index contributed by atoms with van der Waals surface area (Å²) in [6.45, 7) is 9.18. The zero-order chi connectivity index (χ0) is 19.3. The highest BCUT2D eigenvalue weighted by Crippen LogP contribution is 2.52. The minimum absolute atomic E-state index is 0.276. The minimum atomic E-state index is -1.35. The maximum absolute atomic E-state index is 15.5. The molecular weight excluding hydrogens is 405 g/mol. The lowest BCUT2D eigenvalue weighted by molar-refractivity contribution is -0.101. The van der Waals surface area contributed by atoms with Crippen molar-refractivity contribution in [2.75, 3.05) is 0 Å². The summed E-state index contributed by atoms with van der Waals surface area (Å²) in [6, 6.07) is 3.35. The molecule has 1 amide bonds. The Kier molecular flexibility index (Phi) is 4.70. The highest BCUT2D eigenvalue weighted by atomic mass is 79.9. The van der Waals surface area contributed by atoms with Crippen LogP contribution in [0.2, 0.25) is 0 Å².